The smallest absolute Gasteiger partial charge is 0.141 e. The Labute approximate surface area is 128 Å². The first-order chi connectivity index (χ1) is 10.3. The van der Waals surface area contributed by atoms with E-state index in [-0.39, 0.29) is 0 Å². The van der Waals surface area contributed by atoms with Gasteiger partial charge in [-0.25, -0.2) is 4.98 Å². The van der Waals surface area contributed by atoms with Gasteiger partial charge in [-0.3, -0.25) is 0 Å². The first-order valence-corrected chi connectivity index (χ1v) is 7.62. The second kappa shape index (κ2) is 4.86. The molecule has 0 saturated carbocycles. The fourth-order valence-electron chi connectivity index (χ4n) is 3.07. The maximum absolute atomic E-state index is 6.13. The zero-order valence-corrected chi connectivity index (χ0v) is 12.6. The van der Waals surface area contributed by atoms with Gasteiger partial charge in [-0.15, -0.1) is 0 Å². The van der Waals surface area contributed by atoms with Crippen LogP contribution >= 0.6 is 11.6 Å². The molecule has 2 heterocycles. The molecule has 0 unspecified atom stereocenters. The van der Waals surface area contributed by atoms with Gasteiger partial charge >= 0.3 is 0 Å². The summed E-state index contributed by atoms with van der Waals surface area (Å²) < 4.78 is 2.23. The molecule has 0 spiro atoms. The summed E-state index contributed by atoms with van der Waals surface area (Å²) in [7, 11) is 0. The quantitative estimate of drug-likeness (QED) is 0.775. The van der Waals surface area contributed by atoms with Gasteiger partial charge in [0.25, 0.3) is 0 Å². The molecule has 4 heteroatoms. The Bertz CT molecular complexity index is 835. The largest absolute Gasteiger partial charge is 0.324 e. The number of aryl methyl sites for hydroxylation is 1. The molecule has 0 saturated heterocycles. The molecule has 0 amide bonds. The Kier molecular flexibility index (Phi) is 2.98. The van der Waals surface area contributed by atoms with Gasteiger partial charge in [0.15, 0.2) is 0 Å². The van der Waals surface area contributed by atoms with Gasteiger partial charge in [0.2, 0.25) is 0 Å². The molecule has 4 rings (SSSR count). The molecule has 1 aliphatic heterocycles. The van der Waals surface area contributed by atoms with Crippen LogP contribution in [0.5, 0.6) is 0 Å². The van der Waals surface area contributed by atoms with Crippen molar-refractivity contribution in [1.29, 1.82) is 0 Å². The van der Waals surface area contributed by atoms with Crippen LogP contribution in [-0.4, -0.2) is 9.55 Å². The third kappa shape index (κ3) is 2.04. The summed E-state index contributed by atoms with van der Waals surface area (Å²) in [6.07, 6.45) is 0. The minimum absolute atomic E-state index is 0.752. The summed E-state index contributed by atoms with van der Waals surface area (Å²) in [5.41, 5.74) is 6.03. The molecule has 0 fully saturated rings. The van der Waals surface area contributed by atoms with Crippen molar-refractivity contribution in [2.24, 2.45) is 0 Å². The molecule has 3 nitrogen and oxygen atoms in total. The highest BCUT2D eigenvalue weighted by molar-refractivity contribution is 6.31. The van der Waals surface area contributed by atoms with Crippen LogP contribution < -0.4 is 5.32 Å². The van der Waals surface area contributed by atoms with Crippen LogP contribution in [0.25, 0.3) is 22.4 Å². The molecule has 3 aromatic rings. The third-order valence-corrected chi connectivity index (χ3v) is 4.36. The van der Waals surface area contributed by atoms with Crippen molar-refractivity contribution in [2.75, 3.05) is 0 Å². The number of hydrogen-bond donors (Lipinski definition) is 1. The van der Waals surface area contributed by atoms with E-state index in [0.717, 1.165) is 41.5 Å². The molecule has 106 valence electrons. The maximum Gasteiger partial charge on any atom is 0.141 e. The van der Waals surface area contributed by atoms with E-state index in [4.69, 9.17) is 16.6 Å². The van der Waals surface area contributed by atoms with Crippen molar-refractivity contribution < 1.29 is 0 Å². The standard InChI is InChI=1S/C17H16ClN3/c1-2-21-16-8-14(18)5-6-15(16)20-17(21)11-3-4-12-9-19-10-13(12)7-11/h3-8,19H,2,9-10H2,1H3. The lowest BCUT2D eigenvalue weighted by Crippen LogP contribution is -2.00. The van der Waals surface area contributed by atoms with Crippen LogP contribution in [0, 0.1) is 0 Å². The van der Waals surface area contributed by atoms with E-state index in [2.05, 4.69) is 35.0 Å². The first-order valence-electron chi connectivity index (χ1n) is 7.25. The van der Waals surface area contributed by atoms with Crippen molar-refractivity contribution in [2.45, 2.75) is 26.6 Å². The predicted octanol–water partition coefficient (Wildman–Crippen LogP) is 3.98. The highest BCUT2D eigenvalue weighted by Gasteiger charge is 2.15. The Balaban J connectivity index is 1.93. The zero-order chi connectivity index (χ0) is 14.4. The molecule has 0 atom stereocenters. The predicted molar refractivity (Wildman–Crippen MR) is 86.4 cm³/mol. The Morgan fingerprint density at radius 2 is 2.00 bits per heavy atom. The minimum Gasteiger partial charge on any atom is -0.324 e. The number of hydrogen-bond acceptors (Lipinski definition) is 2. The van der Waals surface area contributed by atoms with E-state index >= 15 is 0 Å². The lowest BCUT2D eigenvalue weighted by Gasteiger charge is -2.08. The van der Waals surface area contributed by atoms with Gasteiger partial charge in [0.05, 0.1) is 11.0 Å². The lowest BCUT2D eigenvalue weighted by atomic mass is 10.1. The summed E-state index contributed by atoms with van der Waals surface area (Å²) in [6, 6.07) is 12.5. The van der Waals surface area contributed by atoms with E-state index in [1.54, 1.807) is 0 Å². The van der Waals surface area contributed by atoms with E-state index in [9.17, 15) is 0 Å². The van der Waals surface area contributed by atoms with Crippen molar-refractivity contribution in [1.82, 2.24) is 14.9 Å². The average molecular weight is 298 g/mol. The Morgan fingerprint density at radius 1 is 1.14 bits per heavy atom. The second-order valence-corrected chi connectivity index (χ2v) is 5.84. The summed E-state index contributed by atoms with van der Waals surface area (Å²) in [5.74, 6) is 1.02. The number of nitrogens with one attached hydrogen (secondary N) is 1. The maximum atomic E-state index is 6.13. The number of nitrogens with zero attached hydrogens (tertiary/aromatic N) is 2. The highest BCUT2D eigenvalue weighted by atomic mass is 35.5. The molecule has 0 radical (unpaired) electrons. The molecule has 21 heavy (non-hydrogen) atoms. The first kappa shape index (κ1) is 12.9. The molecule has 0 aliphatic carbocycles. The lowest BCUT2D eigenvalue weighted by molar-refractivity contribution is 0.764. The molecule has 2 aromatic carbocycles. The van der Waals surface area contributed by atoms with E-state index in [1.165, 1.54) is 16.7 Å². The van der Waals surface area contributed by atoms with Crippen LogP contribution in [0.4, 0.5) is 0 Å². The average Bonchev–Trinajstić information content (AvgIpc) is 3.09. The summed E-state index contributed by atoms with van der Waals surface area (Å²) >= 11 is 6.13. The van der Waals surface area contributed by atoms with Gasteiger partial charge in [-0.2, -0.15) is 0 Å². The van der Waals surface area contributed by atoms with Crippen LogP contribution in [-0.2, 0) is 19.6 Å². The number of fused-ring (bicyclic) bond motifs is 2. The normalized spacial score (nSPS) is 13.8. The van der Waals surface area contributed by atoms with Gasteiger partial charge in [-0.1, -0.05) is 23.7 Å². The number of benzene rings is 2. The number of halogens is 1. The van der Waals surface area contributed by atoms with Crippen LogP contribution in [0.2, 0.25) is 5.02 Å². The second-order valence-electron chi connectivity index (χ2n) is 5.40. The van der Waals surface area contributed by atoms with Gasteiger partial charge in [0.1, 0.15) is 5.82 Å². The molecule has 0 bridgehead atoms. The minimum atomic E-state index is 0.752. The van der Waals surface area contributed by atoms with Crippen molar-refractivity contribution in [3.63, 3.8) is 0 Å². The summed E-state index contributed by atoms with van der Waals surface area (Å²) in [5, 5.41) is 4.14. The molecular formula is C17H16ClN3. The highest BCUT2D eigenvalue weighted by Crippen LogP contribution is 2.29. The van der Waals surface area contributed by atoms with E-state index < -0.39 is 0 Å². The fraction of sp³-hybridized carbons (Fsp3) is 0.235. The topological polar surface area (TPSA) is 29.9 Å². The number of aromatic nitrogens is 2. The van der Waals surface area contributed by atoms with Crippen LogP contribution in [0.1, 0.15) is 18.1 Å². The Morgan fingerprint density at radius 3 is 2.86 bits per heavy atom. The fourth-order valence-corrected chi connectivity index (χ4v) is 3.24. The monoisotopic (exact) mass is 297 g/mol. The summed E-state index contributed by atoms with van der Waals surface area (Å²) in [6.45, 7) is 4.93. The Hall–Kier alpha value is -1.84. The molecular weight excluding hydrogens is 282 g/mol. The van der Waals surface area contributed by atoms with Crippen molar-refractivity contribution in [3.05, 3.63) is 52.5 Å². The number of rotatable bonds is 2. The summed E-state index contributed by atoms with van der Waals surface area (Å²) in [4.78, 5) is 4.80. The van der Waals surface area contributed by atoms with Crippen molar-refractivity contribution >= 4 is 22.6 Å². The van der Waals surface area contributed by atoms with Crippen LogP contribution in [0.15, 0.2) is 36.4 Å². The van der Waals surface area contributed by atoms with Gasteiger partial charge in [-0.05, 0) is 42.3 Å². The zero-order valence-electron chi connectivity index (χ0n) is 11.9. The van der Waals surface area contributed by atoms with E-state index in [0.29, 0.717) is 0 Å². The third-order valence-electron chi connectivity index (χ3n) is 4.12. The van der Waals surface area contributed by atoms with Gasteiger partial charge in [0, 0.05) is 30.2 Å². The van der Waals surface area contributed by atoms with E-state index in [1.807, 2.05) is 18.2 Å². The molecule has 1 aliphatic rings. The SMILES string of the molecule is CCn1c(-c2ccc3c(c2)CNC3)nc2ccc(Cl)cc21. The van der Waals surface area contributed by atoms with Gasteiger partial charge < -0.3 is 9.88 Å². The van der Waals surface area contributed by atoms with Crippen molar-refractivity contribution in [3.8, 4) is 11.4 Å². The van der Waals surface area contributed by atoms with Crippen LogP contribution in [0.3, 0.4) is 0 Å². The molecule has 1 N–H and O–H groups in total. The number of imidazole rings is 1. The molecule has 1 aromatic heterocycles.